The van der Waals surface area contributed by atoms with Gasteiger partial charge in [0.15, 0.2) is 0 Å². The quantitative estimate of drug-likeness (QED) is 0.807. The zero-order valence-corrected chi connectivity index (χ0v) is 9.91. The van der Waals surface area contributed by atoms with Crippen LogP contribution in [0.3, 0.4) is 0 Å². The highest BCUT2D eigenvalue weighted by molar-refractivity contribution is 7.09. The molecule has 0 amide bonds. The van der Waals surface area contributed by atoms with Gasteiger partial charge in [0, 0.05) is 23.3 Å². The van der Waals surface area contributed by atoms with Gasteiger partial charge in [-0.2, -0.15) is 0 Å². The van der Waals surface area contributed by atoms with Crippen molar-refractivity contribution in [2.75, 3.05) is 6.54 Å². The van der Waals surface area contributed by atoms with Crippen molar-refractivity contribution in [3.8, 4) is 11.3 Å². The van der Waals surface area contributed by atoms with Crippen LogP contribution in [0.1, 0.15) is 17.8 Å². The Morgan fingerprint density at radius 2 is 2.00 bits per heavy atom. The number of nitrogens with zero attached hydrogens (tertiary/aromatic N) is 2. The van der Waals surface area contributed by atoms with Crippen molar-refractivity contribution >= 4 is 11.3 Å². The lowest BCUT2D eigenvalue weighted by Crippen LogP contribution is -1.98. The van der Waals surface area contributed by atoms with Crippen LogP contribution in [0.25, 0.3) is 11.3 Å². The topological polar surface area (TPSA) is 51.8 Å². The third-order valence-electron chi connectivity index (χ3n) is 2.37. The van der Waals surface area contributed by atoms with Gasteiger partial charge in [-0.1, -0.05) is 0 Å². The summed E-state index contributed by atoms with van der Waals surface area (Å²) >= 11 is 1.72. The summed E-state index contributed by atoms with van der Waals surface area (Å²) in [6.45, 7) is 0.766. The van der Waals surface area contributed by atoms with Crippen LogP contribution in [0.15, 0.2) is 29.9 Å². The Hall–Kier alpha value is -1.26. The fourth-order valence-corrected chi connectivity index (χ4v) is 2.35. The Labute approximate surface area is 99.4 Å². The number of aromatic nitrogens is 2. The number of rotatable bonds is 5. The lowest BCUT2D eigenvalue weighted by molar-refractivity contribution is 0.742. The van der Waals surface area contributed by atoms with E-state index in [1.807, 2.05) is 12.1 Å². The second-order valence-corrected chi connectivity index (χ2v) is 4.55. The average Bonchev–Trinajstić information content (AvgIpc) is 2.79. The van der Waals surface area contributed by atoms with Crippen LogP contribution in [0, 0.1) is 0 Å². The minimum absolute atomic E-state index is 0.766. The average molecular weight is 233 g/mol. The van der Waals surface area contributed by atoms with E-state index in [1.54, 1.807) is 23.7 Å². The van der Waals surface area contributed by atoms with E-state index in [1.165, 1.54) is 5.01 Å². The molecule has 2 rings (SSSR count). The number of pyridine rings is 1. The molecule has 0 atom stereocenters. The minimum atomic E-state index is 0.766. The first-order chi connectivity index (χ1) is 7.90. The van der Waals surface area contributed by atoms with Gasteiger partial charge in [0.05, 0.1) is 10.7 Å². The lowest BCUT2D eigenvalue weighted by Gasteiger charge is -1.95. The summed E-state index contributed by atoms with van der Waals surface area (Å²) in [5.41, 5.74) is 7.65. The molecule has 3 nitrogen and oxygen atoms in total. The molecule has 0 saturated carbocycles. The normalized spacial score (nSPS) is 10.6. The Bertz CT molecular complexity index is 425. The van der Waals surface area contributed by atoms with E-state index in [-0.39, 0.29) is 0 Å². The van der Waals surface area contributed by atoms with E-state index >= 15 is 0 Å². The van der Waals surface area contributed by atoms with Gasteiger partial charge in [-0.15, -0.1) is 11.3 Å². The largest absolute Gasteiger partial charge is 0.330 e. The summed E-state index contributed by atoms with van der Waals surface area (Å²) in [6, 6.07) is 3.97. The second-order valence-electron chi connectivity index (χ2n) is 3.61. The van der Waals surface area contributed by atoms with Gasteiger partial charge in [-0.05, 0) is 37.9 Å². The SMILES string of the molecule is NCCCCc1nc(-c2ccncc2)cs1. The Morgan fingerprint density at radius 3 is 2.75 bits per heavy atom. The zero-order valence-electron chi connectivity index (χ0n) is 9.10. The standard InChI is InChI=1S/C12H15N3S/c13-6-2-1-3-12-15-11(9-16-12)10-4-7-14-8-5-10/h4-5,7-9H,1-3,6,13H2. The van der Waals surface area contributed by atoms with Crippen LogP contribution in [0.2, 0.25) is 0 Å². The van der Waals surface area contributed by atoms with Gasteiger partial charge in [-0.3, -0.25) is 4.98 Å². The summed E-state index contributed by atoms with van der Waals surface area (Å²) in [6.07, 6.45) is 6.82. The number of nitrogens with two attached hydrogens (primary N) is 1. The lowest BCUT2D eigenvalue weighted by atomic mass is 10.2. The van der Waals surface area contributed by atoms with Crippen LogP contribution in [0.4, 0.5) is 0 Å². The van der Waals surface area contributed by atoms with Gasteiger partial charge in [-0.25, -0.2) is 4.98 Å². The molecule has 0 bridgehead atoms. The molecule has 2 N–H and O–H groups in total. The third kappa shape index (κ3) is 2.87. The Kier molecular flexibility index (Phi) is 4.02. The molecule has 0 radical (unpaired) electrons. The predicted molar refractivity (Wildman–Crippen MR) is 67.3 cm³/mol. The zero-order chi connectivity index (χ0) is 11.2. The predicted octanol–water partition coefficient (Wildman–Crippen LogP) is 2.49. The van der Waals surface area contributed by atoms with Crippen molar-refractivity contribution < 1.29 is 0 Å². The van der Waals surface area contributed by atoms with Gasteiger partial charge in [0.25, 0.3) is 0 Å². The van der Waals surface area contributed by atoms with Crippen molar-refractivity contribution in [2.24, 2.45) is 5.73 Å². The van der Waals surface area contributed by atoms with E-state index in [4.69, 9.17) is 5.73 Å². The molecule has 0 aliphatic heterocycles. The van der Waals surface area contributed by atoms with Crippen molar-refractivity contribution in [2.45, 2.75) is 19.3 Å². The van der Waals surface area contributed by atoms with Gasteiger partial charge in [0.2, 0.25) is 0 Å². The molecule has 0 fully saturated rings. The summed E-state index contributed by atoms with van der Waals surface area (Å²) in [5.74, 6) is 0. The first kappa shape index (κ1) is 11.2. The number of unbranched alkanes of at least 4 members (excludes halogenated alkanes) is 1. The van der Waals surface area contributed by atoms with Crippen LogP contribution in [-0.4, -0.2) is 16.5 Å². The molecular formula is C12H15N3S. The minimum Gasteiger partial charge on any atom is -0.330 e. The molecule has 0 saturated heterocycles. The first-order valence-corrected chi connectivity index (χ1v) is 6.33. The molecule has 2 aromatic rings. The highest BCUT2D eigenvalue weighted by Crippen LogP contribution is 2.21. The maximum atomic E-state index is 5.46. The smallest absolute Gasteiger partial charge is 0.0932 e. The monoisotopic (exact) mass is 233 g/mol. The van der Waals surface area contributed by atoms with E-state index in [2.05, 4.69) is 15.3 Å². The summed E-state index contributed by atoms with van der Waals surface area (Å²) in [5, 5.41) is 3.30. The van der Waals surface area contributed by atoms with E-state index in [9.17, 15) is 0 Å². The number of thiazole rings is 1. The van der Waals surface area contributed by atoms with Crippen LogP contribution in [0.5, 0.6) is 0 Å². The second kappa shape index (κ2) is 5.72. The van der Waals surface area contributed by atoms with E-state index < -0.39 is 0 Å². The molecule has 0 aliphatic rings. The van der Waals surface area contributed by atoms with E-state index in [0.29, 0.717) is 0 Å². The molecule has 0 aromatic carbocycles. The highest BCUT2D eigenvalue weighted by Gasteiger charge is 2.03. The van der Waals surface area contributed by atoms with Crippen molar-refractivity contribution in [1.29, 1.82) is 0 Å². The molecule has 2 heterocycles. The summed E-state index contributed by atoms with van der Waals surface area (Å²) in [7, 11) is 0. The molecule has 2 aromatic heterocycles. The Balaban J connectivity index is 2.02. The maximum Gasteiger partial charge on any atom is 0.0932 e. The number of hydrogen-bond donors (Lipinski definition) is 1. The molecule has 0 spiro atoms. The molecule has 0 aliphatic carbocycles. The summed E-state index contributed by atoms with van der Waals surface area (Å²) < 4.78 is 0. The van der Waals surface area contributed by atoms with Crippen LogP contribution in [-0.2, 0) is 6.42 Å². The molecule has 4 heteroatoms. The summed E-state index contributed by atoms with van der Waals surface area (Å²) in [4.78, 5) is 8.60. The van der Waals surface area contributed by atoms with Gasteiger partial charge >= 0.3 is 0 Å². The Morgan fingerprint density at radius 1 is 1.19 bits per heavy atom. The highest BCUT2D eigenvalue weighted by atomic mass is 32.1. The van der Waals surface area contributed by atoms with Crippen LogP contribution < -0.4 is 5.73 Å². The van der Waals surface area contributed by atoms with Gasteiger partial charge in [0.1, 0.15) is 0 Å². The molecular weight excluding hydrogens is 218 g/mol. The van der Waals surface area contributed by atoms with Gasteiger partial charge < -0.3 is 5.73 Å². The molecule has 0 unspecified atom stereocenters. The van der Waals surface area contributed by atoms with Crippen molar-refractivity contribution in [3.63, 3.8) is 0 Å². The maximum absolute atomic E-state index is 5.46. The van der Waals surface area contributed by atoms with E-state index in [0.717, 1.165) is 37.1 Å². The first-order valence-electron chi connectivity index (χ1n) is 5.45. The molecule has 16 heavy (non-hydrogen) atoms. The fraction of sp³-hybridized carbons (Fsp3) is 0.333. The molecule has 84 valence electrons. The van der Waals surface area contributed by atoms with Crippen molar-refractivity contribution in [1.82, 2.24) is 9.97 Å². The van der Waals surface area contributed by atoms with Crippen molar-refractivity contribution in [3.05, 3.63) is 34.9 Å². The number of aryl methyl sites for hydroxylation is 1. The van der Waals surface area contributed by atoms with Crippen LogP contribution >= 0.6 is 11.3 Å². The third-order valence-corrected chi connectivity index (χ3v) is 3.28. The number of hydrogen-bond acceptors (Lipinski definition) is 4. The fourth-order valence-electron chi connectivity index (χ4n) is 1.50.